The molecule has 0 N–H and O–H groups in total. The molecule has 0 saturated carbocycles. The molecule has 0 fully saturated rings. The van der Waals surface area contributed by atoms with Gasteiger partial charge < -0.3 is 4.84 Å². The minimum atomic E-state index is 0.468. The molecule has 0 bridgehead atoms. The first-order chi connectivity index (χ1) is 14.1. The number of para-hydroxylation sites is 1. The van der Waals surface area contributed by atoms with E-state index in [1.807, 2.05) is 0 Å². The highest BCUT2D eigenvalue weighted by atomic mass is 16.7. The summed E-state index contributed by atoms with van der Waals surface area (Å²) < 4.78 is 0. The van der Waals surface area contributed by atoms with Gasteiger partial charge in [-0.2, -0.15) is 0 Å². The van der Waals surface area contributed by atoms with Crippen LogP contribution in [0.1, 0.15) is 56.2 Å². The van der Waals surface area contributed by atoms with Crippen LogP contribution in [0.4, 0.5) is 5.69 Å². The molecule has 0 amide bonds. The van der Waals surface area contributed by atoms with Crippen LogP contribution in [0.2, 0.25) is 0 Å². The van der Waals surface area contributed by atoms with Gasteiger partial charge in [0.2, 0.25) is 0 Å². The van der Waals surface area contributed by atoms with E-state index >= 15 is 0 Å². The third kappa shape index (κ3) is 2.76. The number of amidine groups is 1. The Bertz CT molecular complexity index is 1100. The van der Waals surface area contributed by atoms with Crippen LogP contribution in [0.3, 0.4) is 0 Å². The molecule has 0 unspecified atom stereocenters. The van der Waals surface area contributed by atoms with Gasteiger partial charge in [0.05, 0.1) is 5.69 Å². The van der Waals surface area contributed by atoms with Gasteiger partial charge in [-0.1, -0.05) is 75.3 Å². The zero-order valence-corrected chi connectivity index (χ0v) is 17.4. The van der Waals surface area contributed by atoms with Gasteiger partial charge in [0.25, 0.3) is 0 Å². The molecule has 2 heterocycles. The fourth-order valence-electron chi connectivity index (χ4n) is 4.58. The number of benzene rings is 3. The number of rotatable bonds is 3. The Balaban J connectivity index is 1.77. The van der Waals surface area contributed by atoms with E-state index < -0.39 is 0 Å². The Morgan fingerprint density at radius 2 is 1.52 bits per heavy atom. The molecule has 3 aromatic rings. The molecule has 2 aliphatic rings. The molecule has 0 aromatic heterocycles. The average molecular weight is 383 g/mol. The second-order valence-corrected chi connectivity index (χ2v) is 8.50. The van der Waals surface area contributed by atoms with Crippen molar-refractivity contribution in [2.24, 2.45) is 5.16 Å². The lowest BCUT2D eigenvalue weighted by Crippen LogP contribution is -2.31. The van der Waals surface area contributed by atoms with Crippen molar-refractivity contribution in [3.05, 3.63) is 77.4 Å². The molecule has 0 saturated heterocycles. The Kier molecular flexibility index (Phi) is 4.20. The van der Waals surface area contributed by atoms with Crippen molar-refractivity contribution in [3.63, 3.8) is 0 Å². The molecule has 0 atom stereocenters. The molecule has 3 aromatic carbocycles. The molecule has 0 radical (unpaired) electrons. The van der Waals surface area contributed by atoms with Crippen molar-refractivity contribution < 1.29 is 4.84 Å². The first-order valence-corrected chi connectivity index (χ1v) is 10.4. The molecular formula is C26H26N2O. The van der Waals surface area contributed by atoms with E-state index in [1.54, 1.807) is 0 Å². The van der Waals surface area contributed by atoms with Gasteiger partial charge in [0.1, 0.15) is 0 Å². The fraction of sp³-hybridized carbons (Fsp3) is 0.269. The molecule has 0 aliphatic carbocycles. The van der Waals surface area contributed by atoms with E-state index in [1.165, 1.54) is 33.4 Å². The van der Waals surface area contributed by atoms with Gasteiger partial charge in [-0.3, -0.25) is 4.90 Å². The van der Waals surface area contributed by atoms with Crippen LogP contribution in [-0.4, -0.2) is 12.6 Å². The Morgan fingerprint density at radius 3 is 2.24 bits per heavy atom. The summed E-state index contributed by atoms with van der Waals surface area (Å²) >= 11 is 0. The van der Waals surface area contributed by atoms with Crippen molar-refractivity contribution in [1.29, 1.82) is 0 Å². The summed E-state index contributed by atoms with van der Waals surface area (Å²) in [6.07, 6.45) is 0. The SMILES string of the molecule is CC(C)c1cccc(C(C)C)c1-c1ccc2c(c1)-c1ccccc1N1CON=C21. The van der Waals surface area contributed by atoms with Crippen molar-refractivity contribution in [2.45, 2.75) is 39.5 Å². The van der Waals surface area contributed by atoms with E-state index in [4.69, 9.17) is 4.84 Å². The smallest absolute Gasteiger partial charge is 0.195 e. The lowest BCUT2D eigenvalue weighted by molar-refractivity contribution is 0.174. The second-order valence-electron chi connectivity index (χ2n) is 8.50. The van der Waals surface area contributed by atoms with Crippen molar-refractivity contribution >= 4 is 11.5 Å². The summed E-state index contributed by atoms with van der Waals surface area (Å²) in [6.45, 7) is 9.58. The summed E-state index contributed by atoms with van der Waals surface area (Å²) in [5, 5.41) is 4.33. The maximum atomic E-state index is 5.44. The molecule has 3 heteroatoms. The molecule has 146 valence electrons. The van der Waals surface area contributed by atoms with Crippen molar-refractivity contribution in [3.8, 4) is 22.3 Å². The summed E-state index contributed by atoms with van der Waals surface area (Å²) in [5.41, 5.74) is 10.2. The summed E-state index contributed by atoms with van der Waals surface area (Å²) in [6, 6.07) is 22.1. The Hall–Kier alpha value is -3.07. The largest absolute Gasteiger partial charge is 0.371 e. The number of fused-ring (bicyclic) bond motifs is 6. The monoisotopic (exact) mass is 382 g/mol. The van der Waals surface area contributed by atoms with E-state index in [9.17, 15) is 0 Å². The average Bonchev–Trinajstić information content (AvgIpc) is 3.23. The molecule has 29 heavy (non-hydrogen) atoms. The summed E-state index contributed by atoms with van der Waals surface area (Å²) in [4.78, 5) is 7.59. The minimum absolute atomic E-state index is 0.468. The summed E-state index contributed by atoms with van der Waals surface area (Å²) in [7, 11) is 0. The van der Waals surface area contributed by atoms with Crippen LogP contribution in [-0.2, 0) is 4.84 Å². The lowest BCUT2D eigenvalue weighted by atomic mass is 9.83. The van der Waals surface area contributed by atoms with Crippen LogP contribution >= 0.6 is 0 Å². The Labute approximate surface area is 172 Å². The van der Waals surface area contributed by atoms with Gasteiger partial charge in [-0.05, 0) is 57.9 Å². The van der Waals surface area contributed by atoms with Crippen LogP contribution < -0.4 is 4.90 Å². The number of hydrogen-bond donors (Lipinski definition) is 0. The van der Waals surface area contributed by atoms with Crippen molar-refractivity contribution in [1.82, 2.24) is 0 Å². The normalized spacial score (nSPS) is 14.4. The van der Waals surface area contributed by atoms with Gasteiger partial charge >= 0.3 is 0 Å². The minimum Gasteiger partial charge on any atom is -0.371 e. The first kappa shape index (κ1) is 18.0. The van der Waals surface area contributed by atoms with Gasteiger partial charge in [0, 0.05) is 11.1 Å². The second kappa shape index (κ2) is 6.77. The standard InChI is InChI=1S/C26H26N2O/c1-16(2)19-9-7-10-20(17(3)4)25(19)18-12-13-22-23(14-18)21-8-5-6-11-24(21)28-15-29-27-26(22)28/h5-14,16-17H,15H2,1-4H3. The predicted octanol–water partition coefficient (Wildman–Crippen LogP) is 6.74. The highest BCUT2D eigenvalue weighted by Crippen LogP contribution is 2.44. The zero-order valence-electron chi connectivity index (χ0n) is 17.4. The molecule has 3 nitrogen and oxygen atoms in total. The quantitative estimate of drug-likeness (QED) is 0.501. The third-order valence-corrected chi connectivity index (χ3v) is 6.00. The highest BCUT2D eigenvalue weighted by molar-refractivity contribution is 6.19. The van der Waals surface area contributed by atoms with Gasteiger partial charge in [-0.25, -0.2) is 0 Å². The van der Waals surface area contributed by atoms with E-state index in [0.29, 0.717) is 18.6 Å². The maximum Gasteiger partial charge on any atom is 0.195 e. The zero-order chi connectivity index (χ0) is 20.1. The van der Waals surface area contributed by atoms with Crippen molar-refractivity contribution in [2.75, 3.05) is 11.6 Å². The number of hydrogen-bond acceptors (Lipinski definition) is 3. The van der Waals surface area contributed by atoms with Crippen LogP contribution in [0.25, 0.3) is 22.3 Å². The van der Waals surface area contributed by atoms with E-state index in [-0.39, 0.29) is 0 Å². The highest BCUT2D eigenvalue weighted by Gasteiger charge is 2.32. The Morgan fingerprint density at radius 1 is 0.793 bits per heavy atom. The molecule has 5 rings (SSSR count). The summed E-state index contributed by atoms with van der Waals surface area (Å²) in [5.74, 6) is 1.84. The number of anilines is 1. The van der Waals surface area contributed by atoms with E-state index in [2.05, 4.69) is 98.4 Å². The molecule has 0 spiro atoms. The third-order valence-electron chi connectivity index (χ3n) is 6.00. The lowest BCUT2D eigenvalue weighted by Gasteiger charge is -2.29. The van der Waals surface area contributed by atoms with Crippen LogP contribution in [0, 0.1) is 0 Å². The van der Waals surface area contributed by atoms with E-state index in [0.717, 1.165) is 17.1 Å². The molecular weight excluding hydrogens is 356 g/mol. The topological polar surface area (TPSA) is 24.8 Å². The van der Waals surface area contributed by atoms with Crippen LogP contribution in [0.5, 0.6) is 0 Å². The number of oxime groups is 1. The maximum absolute atomic E-state index is 5.44. The van der Waals surface area contributed by atoms with Gasteiger partial charge in [0.15, 0.2) is 12.6 Å². The fourth-order valence-corrected chi connectivity index (χ4v) is 4.58. The molecule has 2 aliphatic heterocycles. The first-order valence-electron chi connectivity index (χ1n) is 10.4. The van der Waals surface area contributed by atoms with Crippen LogP contribution in [0.15, 0.2) is 65.8 Å². The van der Waals surface area contributed by atoms with Gasteiger partial charge in [-0.15, -0.1) is 0 Å². The number of nitrogens with zero attached hydrogens (tertiary/aromatic N) is 2. The predicted molar refractivity (Wildman–Crippen MR) is 120 cm³/mol.